The second-order valence-electron chi connectivity index (χ2n) is 7.86. The Morgan fingerprint density at radius 2 is 1.77 bits per heavy atom. The van der Waals surface area contributed by atoms with Crippen LogP contribution in [0.3, 0.4) is 0 Å². The van der Waals surface area contributed by atoms with E-state index in [-0.39, 0.29) is 10.8 Å². The average Bonchev–Trinajstić information content (AvgIpc) is 3.41. The largest absolute Gasteiger partial charge is 0.379 e. The van der Waals surface area contributed by atoms with Crippen molar-refractivity contribution in [1.82, 2.24) is 14.3 Å². The number of hydrogen-bond donors (Lipinski definition) is 1. The highest BCUT2D eigenvalue weighted by Crippen LogP contribution is 2.29. The van der Waals surface area contributed by atoms with Crippen LogP contribution in [0.25, 0.3) is 21.8 Å². The summed E-state index contributed by atoms with van der Waals surface area (Å²) < 4.78 is 32.2. The standard InChI is InChI=1S/C25H22N4O4S2/c30-24(18-6-8-22(9-7-18)35(31,32)29-11-13-33-14-12-29)27-21-5-1-3-19(15-21)23-17-34-25(28-23)20-4-2-10-26-16-20/h1-10,15-17H,11-14H2,(H,27,30). The molecule has 0 radical (unpaired) electrons. The molecule has 5 rings (SSSR count). The van der Waals surface area contributed by atoms with Gasteiger partial charge >= 0.3 is 0 Å². The first-order valence-electron chi connectivity index (χ1n) is 11.0. The van der Waals surface area contributed by atoms with E-state index in [1.54, 1.807) is 18.5 Å². The summed E-state index contributed by atoms with van der Waals surface area (Å²) in [5.41, 5.74) is 3.62. The van der Waals surface area contributed by atoms with E-state index in [2.05, 4.69) is 10.3 Å². The number of nitrogens with zero attached hydrogens (tertiary/aromatic N) is 3. The smallest absolute Gasteiger partial charge is 0.255 e. The summed E-state index contributed by atoms with van der Waals surface area (Å²) in [6.07, 6.45) is 3.50. The van der Waals surface area contributed by atoms with E-state index in [4.69, 9.17) is 9.72 Å². The zero-order valence-corrected chi connectivity index (χ0v) is 20.3. The van der Waals surface area contributed by atoms with Crippen LogP contribution in [-0.2, 0) is 14.8 Å². The van der Waals surface area contributed by atoms with Crippen molar-refractivity contribution in [3.63, 3.8) is 0 Å². The normalized spacial score (nSPS) is 14.5. The van der Waals surface area contributed by atoms with Crippen LogP contribution in [0.4, 0.5) is 5.69 Å². The zero-order valence-electron chi connectivity index (χ0n) is 18.6. The van der Waals surface area contributed by atoms with Gasteiger partial charge in [-0.05, 0) is 48.5 Å². The summed E-state index contributed by atoms with van der Waals surface area (Å²) in [6.45, 7) is 1.40. The van der Waals surface area contributed by atoms with Crippen molar-refractivity contribution >= 4 is 33.0 Å². The van der Waals surface area contributed by atoms with Crippen LogP contribution in [0, 0.1) is 0 Å². The van der Waals surface area contributed by atoms with Gasteiger partial charge in [0.05, 0.1) is 23.8 Å². The monoisotopic (exact) mass is 506 g/mol. The predicted molar refractivity (Wildman–Crippen MR) is 135 cm³/mol. The molecule has 3 heterocycles. The number of anilines is 1. The van der Waals surface area contributed by atoms with Gasteiger partial charge in [0.15, 0.2) is 0 Å². The Morgan fingerprint density at radius 1 is 1.00 bits per heavy atom. The van der Waals surface area contributed by atoms with E-state index in [1.807, 2.05) is 35.7 Å². The maximum atomic E-state index is 12.8. The molecule has 2 aromatic heterocycles. The Balaban J connectivity index is 1.29. The number of thiazole rings is 1. The van der Waals surface area contributed by atoms with Crippen molar-refractivity contribution in [3.8, 4) is 21.8 Å². The SMILES string of the molecule is O=C(Nc1cccc(-c2csc(-c3cccnc3)n2)c1)c1ccc(S(=O)(=O)N2CCOCC2)cc1. The minimum Gasteiger partial charge on any atom is -0.379 e. The van der Waals surface area contributed by atoms with E-state index in [0.29, 0.717) is 37.6 Å². The van der Waals surface area contributed by atoms with Gasteiger partial charge in [-0.1, -0.05) is 12.1 Å². The van der Waals surface area contributed by atoms with Gasteiger partial charge in [-0.25, -0.2) is 13.4 Å². The lowest BCUT2D eigenvalue weighted by atomic mass is 10.1. The Labute approximate surface area is 207 Å². The molecule has 1 fully saturated rings. The third-order valence-corrected chi connectivity index (χ3v) is 8.36. The highest BCUT2D eigenvalue weighted by atomic mass is 32.2. The molecule has 0 bridgehead atoms. The molecule has 35 heavy (non-hydrogen) atoms. The quantitative estimate of drug-likeness (QED) is 0.422. The van der Waals surface area contributed by atoms with Crippen molar-refractivity contribution in [3.05, 3.63) is 84.0 Å². The van der Waals surface area contributed by atoms with Crippen LogP contribution in [0.1, 0.15) is 10.4 Å². The van der Waals surface area contributed by atoms with Gasteiger partial charge in [0, 0.05) is 53.2 Å². The van der Waals surface area contributed by atoms with Gasteiger partial charge in [-0.3, -0.25) is 9.78 Å². The van der Waals surface area contributed by atoms with Gasteiger partial charge in [0.1, 0.15) is 5.01 Å². The first-order valence-corrected chi connectivity index (χ1v) is 13.3. The van der Waals surface area contributed by atoms with Crippen LogP contribution in [0.15, 0.2) is 83.3 Å². The minimum atomic E-state index is -3.61. The molecule has 8 nitrogen and oxygen atoms in total. The van der Waals surface area contributed by atoms with Gasteiger partial charge in [0.25, 0.3) is 5.91 Å². The molecule has 178 valence electrons. The summed E-state index contributed by atoms with van der Waals surface area (Å²) in [4.78, 5) is 21.8. The minimum absolute atomic E-state index is 0.158. The van der Waals surface area contributed by atoms with Crippen molar-refractivity contribution in [2.24, 2.45) is 0 Å². The second kappa shape index (κ2) is 10.0. The summed E-state index contributed by atoms with van der Waals surface area (Å²) in [5.74, 6) is -0.327. The number of sulfonamides is 1. The Kier molecular flexibility index (Phi) is 6.69. The maximum Gasteiger partial charge on any atom is 0.255 e. The molecule has 1 N–H and O–H groups in total. The molecule has 1 aliphatic rings. The molecule has 0 saturated carbocycles. The van der Waals surface area contributed by atoms with Crippen LogP contribution >= 0.6 is 11.3 Å². The molecule has 1 amide bonds. The molecular weight excluding hydrogens is 484 g/mol. The highest BCUT2D eigenvalue weighted by Gasteiger charge is 2.26. The predicted octanol–water partition coefficient (Wildman–Crippen LogP) is 4.15. The summed E-state index contributed by atoms with van der Waals surface area (Å²) in [7, 11) is -3.61. The van der Waals surface area contributed by atoms with Gasteiger partial charge < -0.3 is 10.1 Å². The number of carbonyl (C=O) groups excluding carboxylic acids is 1. The van der Waals surface area contributed by atoms with E-state index in [1.165, 1.54) is 39.9 Å². The molecular formula is C25H22N4O4S2. The fraction of sp³-hybridized carbons (Fsp3) is 0.160. The van der Waals surface area contributed by atoms with Crippen LogP contribution in [-0.4, -0.2) is 54.9 Å². The first-order chi connectivity index (χ1) is 17.0. The van der Waals surface area contributed by atoms with Gasteiger partial charge in [-0.2, -0.15) is 4.31 Å². The molecule has 0 atom stereocenters. The number of carbonyl (C=O) groups is 1. The fourth-order valence-corrected chi connectivity index (χ4v) is 5.93. The number of morpholine rings is 1. The molecule has 1 saturated heterocycles. The lowest BCUT2D eigenvalue weighted by molar-refractivity contribution is 0.0730. The number of ether oxygens (including phenoxy) is 1. The maximum absolute atomic E-state index is 12.8. The molecule has 1 aliphatic heterocycles. The van der Waals surface area contributed by atoms with Crippen LogP contribution < -0.4 is 5.32 Å². The van der Waals surface area contributed by atoms with Crippen molar-refractivity contribution < 1.29 is 17.9 Å². The van der Waals surface area contributed by atoms with Crippen molar-refractivity contribution in [1.29, 1.82) is 0 Å². The van der Waals surface area contributed by atoms with Crippen LogP contribution in [0.5, 0.6) is 0 Å². The number of aromatic nitrogens is 2. The second-order valence-corrected chi connectivity index (χ2v) is 10.7. The lowest BCUT2D eigenvalue weighted by Gasteiger charge is -2.26. The molecule has 4 aromatic rings. The molecule has 0 spiro atoms. The Morgan fingerprint density at radius 3 is 2.51 bits per heavy atom. The number of amides is 1. The highest BCUT2D eigenvalue weighted by molar-refractivity contribution is 7.89. The van der Waals surface area contributed by atoms with Crippen molar-refractivity contribution in [2.75, 3.05) is 31.6 Å². The summed E-state index contributed by atoms with van der Waals surface area (Å²) in [6, 6.07) is 17.2. The molecule has 10 heteroatoms. The fourth-order valence-electron chi connectivity index (χ4n) is 3.70. The molecule has 2 aromatic carbocycles. The van der Waals surface area contributed by atoms with Gasteiger partial charge in [-0.15, -0.1) is 11.3 Å². The van der Waals surface area contributed by atoms with E-state index in [9.17, 15) is 13.2 Å². The number of benzene rings is 2. The van der Waals surface area contributed by atoms with E-state index in [0.717, 1.165) is 21.8 Å². The number of hydrogen-bond acceptors (Lipinski definition) is 7. The summed E-state index contributed by atoms with van der Waals surface area (Å²) >= 11 is 1.53. The van der Waals surface area contributed by atoms with Crippen molar-refractivity contribution in [2.45, 2.75) is 4.90 Å². The van der Waals surface area contributed by atoms with Gasteiger partial charge in [0.2, 0.25) is 10.0 Å². The lowest BCUT2D eigenvalue weighted by Crippen LogP contribution is -2.40. The Bertz CT molecular complexity index is 1430. The zero-order chi connectivity index (χ0) is 24.3. The van der Waals surface area contributed by atoms with Crippen LogP contribution in [0.2, 0.25) is 0 Å². The first kappa shape index (κ1) is 23.3. The molecule has 0 aliphatic carbocycles. The summed E-state index contributed by atoms with van der Waals surface area (Å²) in [5, 5.41) is 5.72. The average molecular weight is 507 g/mol. The van der Waals surface area contributed by atoms with E-state index < -0.39 is 10.0 Å². The van der Waals surface area contributed by atoms with E-state index >= 15 is 0 Å². The number of pyridine rings is 1. The number of nitrogens with one attached hydrogen (secondary N) is 1. The Hall–Kier alpha value is -3.44. The third kappa shape index (κ3) is 5.15. The number of rotatable bonds is 6. The molecule has 0 unspecified atom stereocenters. The third-order valence-electron chi connectivity index (χ3n) is 5.55. The topological polar surface area (TPSA) is 101 Å².